The third-order valence-electron chi connectivity index (χ3n) is 5.20. The van der Waals surface area contributed by atoms with E-state index < -0.39 is 5.60 Å². The van der Waals surface area contributed by atoms with Gasteiger partial charge >= 0.3 is 0 Å². The predicted octanol–water partition coefficient (Wildman–Crippen LogP) is 3.01. The monoisotopic (exact) mass is 267 g/mol. The van der Waals surface area contributed by atoms with Crippen molar-refractivity contribution < 1.29 is 9.90 Å². The molecule has 110 valence electrons. The Hall–Kier alpha value is -0.570. The van der Waals surface area contributed by atoms with Crippen LogP contribution in [0.15, 0.2) is 0 Å². The summed E-state index contributed by atoms with van der Waals surface area (Å²) in [6, 6.07) is 0. The standard InChI is InChI=1S/C16H29NO2/c1-15(2)9-7-8-13(15)14(18)17-12-16(19)10-5-3-4-6-11-16/h13,19H,3-12H2,1-2H3,(H,17,18). The minimum Gasteiger partial charge on any atom is -0.388 e. The molecule has 0 aromatic rings. The first-order valence-corrected chi connectivity index (χ1v) is 7.93. The van der Waals surface area contributed by atoms with Crippen LogP contribution in [0.4, 0.5) is 0 Å². The van der Waals surface area contributed by atoms with E-state index in [0.29, 0.717) is 6.54 Å². The zero-order valence-corrected chi connectivity index (χ0v) is 12.5. The van der Waals surface area contributed by atoms with E-state index >= 15 is 0 Å². The van der Waals surface area contributed by atoms with Crippen LogP contribution in [-0.2, 0) is 4.79 Å². The first kappa shape index (κ1) is 14.8. The number of carbonyl (C=O) groups is 1. The molecule has 1 atom stereocenters. The van der Waals surface area contributed by atoms with Crippen LogP contribution in [0.3, 0.4) is 0 Å². The third kappa shape index (κ3) is 3.71. The SMILES string of the molecule is CC1(C)CCCC1C(=O)NCC1(O)CCCCCC1. The van der Waals surface area contributed by atoms with E-state index in [-0.39, 0.29) is 17.2 Å². The molecule has 3 heteroatoms. The van der Waals surface area contributed by atoms with E-state index in [4.69, 9.17) is 0 Å². The Morgan fingerprint density at radius 1 is 1.11 bits per heavy atom. The Labute approximate surface area is 117 Å². The number of carbonyl (C=O) groups excluding carboxylic acids is 1. The van der Waals surface area contributed by atoms with Gasteiger partial charge in [0.2, 0.25) is 5.91 Å². The van der Waals surface area contributed by atoms with Gasteiger partial charge in [-0.25, -0.2) is 0 Å². The summed E-state index contributed by atoms with van der Waals surface area (Å²) in [5, 5.41) is 13.6. The molecule has 19 heavy (non-hydrogen) atoms. The number of nitrogens with one attached hydrogen (secondary N) is 1. The van der Waals surface area contributed by atoms with E-state index in [1.165, 1.54) is 12.8 Å². The molecule has 2 rings (SSSR count). The highest BCUT2D eigenvalue weighted by Gasteiger charge is 2.40. The molecule has 2 fully saturated rings. The lowest BCUT2D eigenvalue weighted by Crippen LogP contribution is -2.46. The van der Waals surface area contributed by atoms with Crippen LogP contribution >= 0.6 is 0 Å². The van der Waals surface area contributed by atoms with Gasteiger partial charge in [0, 0.05) is 12.5 Å². The quantitative estimate of drug-likeness (QED) is 0.772. The molecule has 1 amide bonds. The Balaban J connectivity index is 1.85. The average Bonchev–Trinajstić information content (AvgIpc) is 2.57. The van der Waals surface area contributed by atoms with Crippen molar-refractivity contribution in [3.05, 3.63) is 0 Å². The second kappa shape index (κ2) is 5.82. The van der Waals surface area contributed by atoms with Crippen LogP contribution in [0, 0.1) is 11.3 Å². The van der Waals surface area contributed by atoms with E-state index in [9.17, 15) is 9.90 Å². The minimum absolute atomic E-state index is 0.121. The van der Waals surface area contributed by atoms with Crippen molar-refractivity contribution >= 4 is 5.91 Å². The fourth-order valence-electron chi connectivity index (χ4n) is 3.75. The van der Waals surface area contributed by atoms with Crippen LogP contribution in [-0.4, -0.2) is 23.2 Å². The molecule has 0 saturated heterocycles. The fourth-order valence-corrected chi connectivity index (χ4v) is 3.75. The maximum Gasteiger partial charge on any atom is 0.223 e. The molecule has 0 radical (unpaired) electrons. The van der Waals surface area contributed by atoms with Crippen LogP contribution in [0.2, 0.25) is 0 Å². The predicted molar refractivity (Wildman–Crippen MR) is 76.8 cm³/mol. The zero-order chi connectivity index (χ0) is 13.9. The molecule has 0 aromatic carbocycles. The zero-order valence-electron chi connectivity index (χ0n) is 12.5. The van der Waals surface area contributed by atoms with Crippen LogP contribution < -0.4 is 5.32 Å². The Bertz CT molecular complexity index is 317. The van der Waals surface area contributed by atoms with Gasteiger partial charge < -0.3 is 10.4 Å². The highest BCUT2D eigenvalue weighted by molar-refractivity contribution is 5.79. The number of aliphatic hydroxyl groups is 1. The first-order valence-electron chi connectivity index (χ1n) is 7.93. The number of hydrogen-bond acceptors (Lipinski definition) is 2. The van der Waals surface area contributed by atoms with Gasteiger partial charge in [0.1, 0.15) is 0 Å². The van der Waals surface area contributed by atoms with Crippen LogP contribution in [0.5, 0.6) is 0 Å². The van der Waals surface area contributed by atoms with Gasteiger partial charge in [-0.2, -0.15) is 0 Å². The molecule has 2 N–H and O–H groups in total. The van der Waals surface area contributed by atoms with Crippen LogP contribution in [0.1, 0.15) is 71.6 Å². The topological polar surface area (TPSA) is 49.3 Å². The Kier molecular flexibility index (Phi) is 4.54. The molecule has 0 spiro atoms. The summed E-state index contributed by atoms with van der Waals surface area (Å²) in [6.45, 7) is 4.81. The van der Waals surface area contributed by atoms with Crippen molar-refractivity contribution in [2.75, 3.05) is 6.54 Å². The van der Waals surface area contributed by atoms with Crippen molar-refractivity contribution in [3.63, 3.8) is 0 Å². The number of hydrogen-bond donors (Lipinski definition) is 2. The summed E-state index contributed by atoms with van der Waals surface area (Å²) in [7, 11) is 0. The summed E-state index contributed by atoms with van der Waals surface area (Å²) in [4.78, 5) is 12.3. The van der Waals surface area contributed by atoms with Crippen LogP contribution in [0.25, 0.3) is 0 Å². The summed E-state index contributed by atoms with van der Waals surface area (Å²) < 4.78 is 0. The van der Waals surface area contributed by atoms with Gasteiger partial charge in [-0.1, -0.05) is 46.0 Å². The van der Waals surface area contributed by atoms with Crippen molar-refractivity contribution in [2.24, 2.45) is 11.3 Å². The van der Waals surface area contributed by atoms with Crippen molar-refractivity contribution in [1.29, 1.82) is 0 Å². The Morgan fingerprint density at radius 3 is 2.26 bits per heavy atom. The maximum absolute atomic E-state index is 12.3. The molecule has 0 bridgehead atoms. The highest BCUT2D eigenvalue weighted by atomic mass is 16.3. The molecule has 0 aliphatic heterocycles. The van der Waals surface area contributed by atoms with E-state index in [1.807, 2.05) is 0 Å². The molecule has 1 unspecified atom stereocenters. The molecule has 2 saturated carbocycles. The van der Waals surface area contributed by atoms with E-state index in [2.05, 4.69) is 19.2 Å². The largest absolute Gasteiger partial charge is 0.388 e. The molecule has 2 aliphatic rings. The molecule has 3 nitrogen and oxygen atoms in total. The van der Waals surface area contributed by atoms with E-state index in [1.54, 1.807) is 0 Å². The fraction of sp³-hybridized carbons (Fsp3) is 0.938. The first-order chi connectivity index (χ1) is 8.93. The van der Waals surface area contributed by atoms with Gasteiger partial charge in [-0.05, 0) is 31.1 Å². The Morgan fingerprint density at radius 2 is 1.74 bits per heavy atom. The lowest BCUT2D eigenvalue weighted by atomic mass is 9.81. The lowest BCUT2D eigenvalue weighted by molar-refractivity contribution is -0.129. The number of amides is 1. The van der Waals surface area contributed by atoms with Gasteiger partial charge in [-0.3, -0.25) is 4.79 Å². The molecular weight excluding hydrogens is 238 g/mol. The summed E-state index contributed by atoms with van der Waals surface area (Å²) >= 11 is 0. The summed E-state index contributed by atoms with van der Waals surface area (Å²) in [6.07, 6.45) is 9.55. The maximum atomic E-state index is 12.3. The normalized spacial score (nSPS) is 29.7. The summed E-state index contributed by atoms with van der Waals surface area (Å²) in [5.74, 6) is 0.280. The molecule has 0 aromatic heterocycles. The highest BCUT2D eigenvalue weighted by Crippen LogP contribution is 2.42. The van der Waals surface area contributed by atoms with Gasteiger partial charge in [0.05, 0.1) is 5.60 Å². The van der Waals surface area contributed by atoms with E-state index in [0.717, 1.165) is 44.9 Å². The summed E-state index contributed by atoms with van der Waals surface area (Å²) in [5.41, 5.74) is -0.537. The minimum atomic E-state index is -0.658. The van der Waals surface area contributed by atoms with Gasteiger partial charge in [0.15, 0.2) is 0 Å². The van der Waals surface area contributed by atoms with Gasteiger partial charge in [0.25, 0.3) is 0 Å². The van der Waals surface area contributed by atoms with Crippen molar-refractivity contribution in [3.8, 4) is 0 Å². The molecule has 2 aliphatic carbocycles. The van der Waals surface area contributed by atoms with Crippen molar-refractivity contribution in [1.82, 2.24) is 5.32 Å². The number of rotatable bonds is 3. The van der Waals surface area contributed by atoms with Crippen molar-refractivity contribution in [2.45, 2.75) is 77.2 Å². The second-order valence-corrected chi connectivity index (χ2v) is 7.29. The lowest BCUT2D eigenvalue weighted by Gasteiger charge is -2.30. The molecular formula is C16H29NO2. The van der Waals surface area contributed by atoms with Gasteiger partial charge in [-0.15, -0.1) is 0 Å². The third-order valence-corrected chi connectivity index (χ3v) is 5.20. The second-order valence-electron chi connectivity index (χ2n) is 7.29. The molecule has 0 heterocycles. The average molecular weight is 267 g/mol. The smallest absolute Gasteiger partial charge is 0.223 e.